The summed E-state index contributed by atoms with van der Waals surface area (Å²) in [5.74, 6) is -3.63. The molecule has 0 amide bonds. The van der Waals surface area contributed by atoms with Gasteiger partial charge in [-0.05, 0) is 6.07 Å². The van der Waals surface area contributed by atoms with Crippen LogP contribution >= 0.6 is 0 Å². The normalized spacial score (nSPS) is 9.86. The Labute approximate surface area is 78.5 Å². The molecule has 14 heavy (non-hydrogen) atoms. The van der Waals surface area contributed by atoms with Crippen molar-refractivity contribution in [2.24, 2.45) is 0 Å². The lowest BCUT2D eigenvalue weighted by Crippen LogP contribution is -2.04. The van der Waals surface area contributed by atoms with Crippen molar-refractivity contribution in [3.05, 3.63) is 17.4 Å². The van der Waals surface area contributed by atoms with Crippen LogP contribution in [0, 0.1) is 5.82 Å². The number of ether oxygens (including phenoxy) is 1. The highest BCUT2D eigenvalue weighted by Crippen LogP contribution is 2.35. The molecule has 1 rings (SSSR count). The maximum Gasteiger partial charge on any atom is 0.341 e. The molecule has 1 aromatic carbocycles. The first-order valence-electron chi connectivity index (χ1n) is 3.57. The minimum atomic E-state index is -1.10. The van der Waals surface area contributed by atoms with E-state index in [2.05, 4.69) is 4.74 Å². The van der Waals surface area contributed by atoms with Gasteiger partial charge in [0.15, 0.2) is 17.3 Å². The highest BCUT2D eigenvalue weighted by Gasteiger charge is 2.20. The van der Waals surface area contributed by atoms with E-state index < -0.39 is 34.5 Å². The fourth-order valence-corrected chi connectivity index (χ4v) is 0.915. The van der Waals surface area contributed by atoms with Gasteiger partial charge in [0, 0.05) is 0 Å². The van der Waals surface area contributed by atoms with Crippen molar-refractivity contribution in [2.75, 3.05) is 12.8 Å². The summed E-state index contributed by atoms with van der Waals surface area (Å²) in [6, 6.07) is 0.646. The van der Waals surface area contributed by atoms with Gasteiger partial charge in [-0.3, -0.25) is 0 Å². The van der Waals surface area contributed by atoms with Crippen molar-refractivity contribution < 1.29 is 24.1 Å². The molecule has 0 heterocycles. The van der Waals surface area contributed by atoms with Crippen LogP contribution in [0.2, 0.25) is 0 Å². The second-order valence-corrected chi connectivity index (χ2v) is 2.51. The molecule has 5 nitrogen and oxygen atoms in total. The second kappa shape index (κ2) is 3.41. The van der Waals surface area contributed by atoms with Crippen molar-refractivity contribution in [2.45, 2.75) is 0 Å². The maximum absolute atomic E-state index is 12.9. The minimum absolute atomic E-state index is 0.430. The van der Waals surface area contributed by atoms with Gasteiger partial charge in [-0.25, -0.2) is 9.18 Å². The molecule has 6 heteroatoms. The van der Waals surface area contributed by atoms with Crippen LogP contribution in [0.15, 0.2) is 6.07 Å². The summed E-state index contributed by atoms with van der Waals surface area (Å²) in [6.07, 6.45) is 0. The van der Waals surface area contributed by atoms with Crippen LogP contribution in [-0.4, -0.2) is 23.3 Å². The van der Waals surface area contributed by atoms with Crippen molar-refractivity contribution >= 4 is 11.7 Å². The number of rotatable bonds is 1. The average Bonchev–Trinajstić information content (AvgIpc) is 2.19. The Morgan fingerprint density at radius 2 is 2.07 bits per heavy atom. The number of nitrogens with two attached hydrogens (primary N) is 1. The monoisotopic (exact) mass is 201 g/mol. The molecule has 76 valence electrons. The smallest absolute Gasteiger partial charge is 0.341 e. The van der Waals surface area contributed by atoms with E-state index >= 15 is 0 Å². The lowest BCUT2D eigenvalue weighted by Gasteiger charge is -2.07. The van der Waals surface area contributed by atoms with Crippen molar-refractivity contribution in [3.8, 4) is 11.5 Å². The van der Waals surface area contributed by atoms with Gasteiger partial charge in [0.05, 0.1) is 7.11 Å². The van der Waals surface area contributed by atoms with Crippen LogP contribution in [0.5, 0.6) is 11.5 Å². The molecule has 0 fully saturated rings. The number of phenols is 2. The van der Waals surface area contributed by atoms with E-state index in [4.69, 9.17) is 10.8 Å². The Balaban J connectivity index is 3.40. The number of hydrogen-bond donors (Lipinski definition) is 3. The summed E-state index contributed by atoms with van der Waals surface area (Å²) < 4.78 is 17.1. The summed E-state index contributed by atoms with van der Waals surface area (Å²) in [6.45, 7) is 0. The van der Waals surface area contributed by atoms with E-state index in [0.717, 1.165) is 7.11 Å². The van der Waals surface area contributed by atoms with Crippen LogP contribution in [0.4, 0.5) is 10.1 Å². The van der Waals surface area contributed by atoms with Crippen LogP contribution in [0.25, 0.3) is 0 Å². The van der Waals surface area contributed by atoms with Crippen LogP contribution in [0.1, 0.15) is 10.4 Å². The van der Waals surface area contributed by atoms with Crippen molar-refractivity contribution in [1.29, 1.82) is 0 Å². The van der Waals surface area contributed by atoms with E-state index in [1.165, 1.54) is 0 Å². The molecule has 0 radical (unpaired) electrons. The number of phenolic OH excluding ortho intramolecular Hbond substituents is 2. The largest absolute Gasteiger partial charge is 0.505 e. The Morgan fingerprint density at radius 1 is 1.50 bits per heavy atom. The first kappa shape index (κ1) is 10.1. The molecule has 0 bridgehead atoms. The van der Waals surface area contributed by atoms with E-state index in [-0.39, 0.29) is 0 Å². The minimum Gasteiger partial charge on any atom is -0.505 e. The molecular weight excluding hydrogens is 193 g/mol. The molecule has 0 unspecified atom stereocenters. The topological polar surface area (TPSA) is 92.8 Å². The Bertz CT molecular complexity index is 391. The lowest BCUT2D eigenvalue weighted by molar-refractivity contribution is 0.0597. The zero-order chi connectivity index (χ0) is 10.9. The number of benzene rings is 1. The summed E-state index contributed by atoms with van der Waals surface area (Å²) in [7, 11) is 1.07. The van der Waals surface area contributed by atoms with Gasteiger partial charge in [-0.15, -0.1) is 0 Å². The Kier molecular flexibility index (Phi) is 2.46. The first-order valence-corrected chi connectivity index (χ1v) is 3.57. The van der Waals surface area contributed by atoms with Crippen molar-refractivity contribution in [3.63, 3.8) is 0 Å². The number of halogens is 1. The highest BCUT2D eigenvalue weighted by atomic mass is 19.1. The van der Waals surface area contributed by atoms with Crippen molar-refractivity contribution in [1.82, 2.24) is 0 Å². The summed E-state index contributed by atoms with van der Waals surface area (Å²) in [5, 5.41) is 18.2. The average molecular weight is 201 g/mol. The number of anilines is 1. The standard InChI is InChI=1S/C8H8FNO4/c1-14-8(13)3-2-4(9)7(12)5(10)6(3)11/h2,11-12H,10H2,1H3. The number of carbonyl (C=O) groups excluding carboxylic acids is 1. The predicted molar refractivity (Wildman–Crippen MR) is 45.5 cm³/mol. The fourth-order valence-electron chi connectivity index (χ4n) is 0.915. The number of hydrogen-bond acceptors (Lipinski definition) is 5. The van der Waals surface area contributed by atoms with Gasteiger partial charge in [-0.2, -0.15) is 0 Å². The van der Waals surface area contributed by atoms with E-state index in [0.29, 0.717) is 6.07 Å². The maximum atomic E-state index is 12.9. The quantitative estimate of drug-likeness (QED) is 0.351. The van der Waals surface area contributed by atoms with Gasteiger partial charge in [0.25, 0.3) is 0 Å². The third-order valence-corrected chi connectivity index (χ3v) is 1.67. The molecule has 0 aliphatic carbocycles. The van der Waals surface area contributed by atoms with Gasteiger partial charge in [0.1, 0.15) is 11.3 Å². The molecular formula is C8H8FNO4. The molecule has 0 aliphatic rings. The second-order valence-electron chi connectivity index (χ2n) is 2.51. The molecule has 1 aromatic rings. The van der Waals surface area contributed by atoms with E-state index in [9.17, 15) is 14.3 Å². The predicted octanol–water partition coefficient (Wildman–Crippen LogP) is 0.606. The molecule has 4 N–H and O–H groups in total. The summed E-state index contributed by atoms with van der Waals surface area (Å²) in [4.78, 5) is 11.0. The van der Waals surface area contributed by atoms with Gasteiger partial charge in [-0.1, -0.05) is 0 Å². The Hall–Kier alpha value is -1.98. The van der Waals surface area contributed by atoms with E-state index in [1.54, 1.807) is 0 Å². The highest BCUT2D eigenvalue weighted by molar-refractivity contribution is 5.95. The van der Waals surface area contributed by atoms with Crippen LogP contribution < -0.4 is 5.73 Å². The van der Waals surface area contributed by atoms with Gasteiger partial charge < -0.3 is 20.7 Å². The van der Waals surface area contributed by atoms with Gasteiger partial charge >= 0.3 is 5.97 Å². The number of esters is 1. The van der Waals surface area contributed by atoms with Gasteiger partial charge in [0.2, 0.25) is 0 Å². The number of carbonyl (C=O) groups is 1. The summed E-state index contributed by atoms with van der Waals surface area (Å²) >= 11 is 0. The molecule has 0 saturated carbocycles. The SMILES string of the molecule is COC(=O)c1cc(F)c(O)c(N)c1O. The van der Waals surface area contributed by atoms with Crippen LogP contribution in [0.3, 0.4) is 0 Å². The third-order valence-electron chi connectivity index (χ3n) is 1.67. The molecule has 0 atom stereocenters. The number of aromatic hydroxyl groups is 2. The molecule has 0 aliphatic heterocycles. The fraction of sp³-hybridized carbons (Fsp3) is 0.125. The molecule has 0 aromatic heterocycles. The zero-order valence-corrected chi connectivity index (χ0v) is 7.24. The Morgan fingerprint density at radius 3 is 2.57 bits per heavy atom. The first-order chi connectivity index (χ1) is 6.49. The molecule has 0 saturated heterocycles. The number of nitrogen functional groups attached to an aromatic ring is 1. The zero-order valence-electron chi connectivity index (χ0n) is 7.24. The molecule has 0 spiro atoms. The number of methoxy groups -OCH3 is 1. The lowest BCUT2D eigenvalue weighted by atomic mass is 10.1. The third kappa shape index (κ3) is 1.41. The summed E-state index contributed by atoms with van der Waals surface area (Å²) in [5.41, 5.74) is 4.11. The van der Waals surface area contributed by atoms with E-state index in [1.807, 2.05) is 0 Å². The van der Waals surface area contributed by atoms with Crippen LogP contribution in [-0.2, 0) is 4.74 Å².